The smallest absolute Gasteiger partial charge is 0.186 e. The molecule has 0 aromatic rings. The second-order valence-electron chi connectivity index (χ2n) is 3.38. The van der Waals surface area contributed by atoms with Crippen LogP contribution in [-0.4, -0.2) is 59.9 Å². The molecular weight excluding hydrogens is 208 g/mol. The number of hydrogen-bond acceptors (Lipinski definition) is 6. The van der Waals surface area contributed by atoms with E-state index in [1.807, 2.05) is 0 Å². The van der Waals surface area contributed by atoms with Crippen LogP contribution in [0.3, 0.4) is 0 Å². The number of epoxide rings is 1. The summed E-state index contributed by atoms with van der Waals surface area (Å²) < 4.78 is 15.7. The molecule has 0 aromatic carbocycles. The molecule has 2 aliphatic rings. The van der Waals surface area contributed by atoms with Gasteiger partial charge < -0.3 is 24.4 Å². The van der Waals surface area contributed by atoms with E-state index in [1.165, 1.54) is 0 Å². The lowest BCUT2D eigenvalue weighted by molar-refractivity contribution is -0.232. The van der Waals surface area contributed by atoms with Gasteiger partial charge in [0.1, 0.15) is 24.4 Å². The van der Waals surface area contributed by atoms with Crippen LogP contribution in [0.5, 0.6) is 0 Å². The van der Waals surface area contributed by atoms with Gasteiger partial charge in [-0.3, -0.25) is 0 Å². The maximum atomic E-state index is 9.64. The molecule has 2 saturated heterocycles. The van der Waals surface area contributed by atoms with Gasteiger partial charge >= 0.3 is 0 Å². The van der Waals surface area contributed by atoms with E-state index in [2.05, 4.69) is 12.6 Å². The average molecular weight is 222 g/mol. The average Bonchev–Trinajstić information content (AvgIpc) is 2.97. The van der Waals surface area contributed by atoms with Gasteiger partial charge in [0.05, 0.1) is 13.2 Å². The molecular formula is C8H14O5S. The lowest BCUT2D eigenvalue weighted by atomic mass is 10.1. The Balaban J connectivity index is 1.89. The quantitative estimate of drug-likeness (QED) is 0.411. The molecule has 0 radical (unpaired) electrons. The summed E-state index contributed by atoms with van der Waals surface area (Å²) in [6.45, 7) is 0.287. The third-order valence-corrected chi connectivity index (χ3v) is 2.59. The Bertz CT molecular complexity index is 202. The van der Waals surface area contributed by atoms with Crippen molar-refractivity contribution >= 4 is 12.6 Å². The highest BCUT2D eigenvalue weighted by atomic mass is 32.1. The summed E-state index contributed by atoms with van der Waals surface area (Å²) in [5, 5.41) is 18.6. The fourth-order valence-electron chi connectivity index (χ4n) is 1.65. The Labute approximate surface area is 87.4 Å². The van der Waals surface area contributed by atoms with Crippen molar-refractivity contribution < 1.29 is 24.4 Å². The number of ether oxygens (including phenoxy) is 3. The minimum absolute atomic E-state index is 0.116. The third kappa shape index (κ3) is 1.91. The first-order chi connectivity index (χ1) is 6.77. The summed E-state index contributed by atoms with van der Waals surface area (Å²) in [5.74, 6) is 0.561. The van der Waals surface area contributed by atoms with Crippen LogP contribution >= 0.6 is 12.6 Å². The third-order valence-electron chi connectivity index (χ3n) is 2.41. The van der Waals surface area contributed by atoms with Crippen molar-refractivity contribution in [3.05, 3.63) is 0 Å². The van der Waals surface area contributed by atoms with Crippen molar-refractivity contribution in [2.75, 3.05) is 19.0 Å². The zero-order chi connectivity index (χ0) is 10.1. The van der Waals surface area contributed by atoms with E-state index >= 15 is 0 Å². The molecule has 82 valence electrons. The van der Waals surface area contributed by atoms with Crippen LogP contribution < -0.4 is 0 Å². The second kappa shape index (κ2) is 4.34. The highest BCUT2D eigenvalue weighted by Crippen LogP contribution is 2.37. The number of fused-ring (bicyclic) bond motifs is 1. The maximum absolute atomic E-state index is 9.64. The first-order valence-electron chi connectivity index (χ1n) is 4.60. The summed E-state index contributed by atoms with van der Waals surface area (Å²) in [5.41, 5.74) is 0. The molecule has 2 fully saturated rings. The van der Waals surface area contributed by atoms with E-state index in [4.69, 9.17) is 19.3 Å². The molecule has 0 bridgehead atoms. The van der Waals surface area contributed by atoms with Gasteiger partial charge in [0.25, 0.3) is 0 Å². The van der Waals surface area contributed by atoms with Crippen molar-refractivity contribution in [2.24, 2.45) is 0 Å². The van der Waals surface area contributed by atoms with Crippen molar-refractivity contribution in [2.45, 2.75) is 30.7 Å². The predicted octanol–water partition coefficient (Wildman–Crippen LogP) is -1.22. The minimum Gasteiger partial charge on any atom is -0.394 e. The van der Waals surface area contributed by atoms with Gasteiger partial charge in [0, 0.05) is 5.75 Å². The Morgan fingerprint density at radius 1 is 1.29 bits per heavy atom. The van der Waals surface area contributed by atoms with Crippen molar-refractivity contribution in [3.8, 4) is 0 Å². The van der Waals surface area contributed by atoms with Gasteiger partial charge in [-0.15, -0.1) is 0 Å². The molecule has 14 heavy (non-hydrogen) atoms. The number of aliphatic hydroxyl groups excluding tert-OH is 2. The van der Waals surface area contributed by atoms with Crippen molar-refractivity contribution in [3.63, 3.8) is 0 Å². The molecule has 2 rings (SSSR count). The summed E-state index contributed by atoms with van der Waals surface area (Å²) in [6, 6.07) is 0. The van der Waals surface area contributed by atoms with Crippen molar-refractivity contribution in [1.82, 2.24) is 0 Å². The largest absolute Gasteiger partial charge is 0.394 e. The molecule has 6 heteroatoms. The number of aliphatic hydroxyl groups is 2. The molecule has 0 aliphatic carbocycles. The Kier molecular flexibility index (Phi) is 3.30. The van der Waals surface area contributed by atoms with Crippen LogP contribution in [0.25, 0.3) is 0 Å². The van der Waals surface area contributed by atoms with E-state index in [9.17, 15) is 5.11 Å². The first kappa shape index (κ1) is 10.7. The lowest BCUT2D eigenvalue weighted by Crippen LogP contribution is -2.47. The molecule has 2 heterocycles. The molecule has 2 aliphatic heterocycles. The zero-order valence-corrected chi connectivity index (χ0v) is 8.47. The zero-order valence-electron chi connectivity index (χ0n) is 7.57. The molecule has 2 unspecified atom stereocenters. The summed E-state index contributed by atoms with van der Waals surface area (Å²) in [6.07, 6.45) is -2.27. The lowest BCUT2D eigenvalue weighted by Gasteiger charge is -2.29. The van der Waals surface area contributed by atoms with E-state index in [-0.39, 0.29) is 24.9 Å². The number of hydrogen-bond donors (Lipinski definition) is 3. The standard InChI is InChI=1S/C8H14O5S/c9-3-4-6-7(13-6)5(10)8(12-4)11-1-2-14/h4-10,14H,1-3H2/t4?,5-,6+,7?,8+/m0/s1. The topological polar surface area (TPSA) is 71.5 Å². The van der Waals surface area contributed by atoms with Gasteiger partial charge in [-0.2, -0.15) is 12.6 Å². The van der Waals surface area contributed by atoms with Crippen LogP contribution in [0.4, 0.5) is 0 Å². The van der Waals surface area contributed by atoms with Gasteiger partial charge in [-0.1, -0.05) is 0 Å². The van der Waals surface area contributed by atoms with Crippen LogP contribution in [0.1, 0.15) is 0 Å². The highest BCUT2D eigenvalue weighted by molar-refractivity contribution is 7.80. The van der Waals surface area contributed by atoms with Crippen LogP contribution in [0, 0.1) is 0 Å². The molecule has 0 aromatic heterocycles. The van der Waals surface area contributed by atoms with Gasteiger partial charge in [0.2, 0.25) is 0 Å². The summed E-state index contributed by atoms with van der Waals surface area (Å²) in [7, 11) is 0. The number of rotatable bonds is 4. The second-order valence-corrected chi connectivity index (χ2v) is 3.82. The molecule has 0 saturated carbocycles. The van der Waals surface area contributed by atoms with Crippen molar-refractivity contribution in [1.29, 1.82) is 0 Å². The minimum atomic E-state index is -0.761. The predicted molar refractivity (Wildman–Crippen MR) is 50.2 cm³/mol. The number of thiol groups is 1. The molecule has 5 atom stereocenters. The Hall–Kier alpha value is 0.150. The normalized spacial score (nSPS) is 46.1. The fourth-order valence-corrected chi connectivity index (χ4v) is 1.75. The van der Waals surface area contributed by atoms with Crippen LogP contribution in [0.2, 0.25) is 0 Å². The van der Waals surface area contributed by atoms with E-state index in [0.717, 1.165) is 0 Å². The van der Waals surface area contributed by atoms with Gasteiger partial charge in [-0.05, 0) is 0 Å². The van der Waals surface area contributed by atoms with Gasteiger partial charge in [-0.25, -0.2) is 0 Å². The van der Waals surface area contributed by atoms with E-state index in [0.29, 0.717) is 12.4 Å². The maximum Gasteiger partial charge on any atom is 0.186 e. The monoisotopic (exact) mass is 222 g/mol. The molecule has 0 spiro atoms. The summed E-state index contributed by atoms with van der Waals surface area (Å²) >= 11 is 3.99. The van der Waals surface area contributed by atoms with E-state index < -0.39 is 12.4 Å². The Morgan fingerprint density at radius 3 is 2.71 bits per heavy atom. The SMILES string of the molecule is OCC1O[C@@H](OCCS)[C@@H](O)C2O[C@H]12. The van der Waals surface area contributed by atoms with Crippen LogP contribution in [0.15, 0.2) is 0 Å². The fraction of sp³-hybridized carbons (Fsp3) is 1.00. The van der Waals surface area contributed by atoms with E-state index in [1.54, 1.807) is 0 Å². The first-order valence-corrected chi connectivity index (χ1v) is 5.23. The molecule has 0 amide bonds. The van der Waals surface area contributed by atoms with Gasteiger partial charge in [0.15, 0.2) is 6.29 Å². The summed E-state index contributed by atoms with van der Waals surface area (Å²) in [4.78, 5) is 0. The highest BCUT2D eigenvalue weighted by Gasteiger charge is 2.57. The molecule has 2 N–H and O–H groups in total. The Morgan fingerprint density at radius 2 is 2.07 bits per heavy atom. The van der Waals surface area contributed by atoms with Crippen LogP contribution in [-0.2, 0) is 14.2 Å². The molecule has 5 nitrogen and oxygen atoms in total.